The Labute approximate surface area is 123 Å². The standard InChI is InChI=1S/C15H21N3O3/c1-10(2)17(3)8-5-9-18-12-7-4-6-11(14(19)20)13(12)16-15(18)21/h4,6-7,10H,5,8-9H2,1-3H3,(H,16,21)(H,19,20). The van der Waals surface area contributed by atoms with Crippen molar-refractivity contribution >= 4 is 17.0 Å². The van der Waals surface area contributed by atoms with E-state index < -0.39 is 5.97 Å². The first kappa shape index (κ1) is 15.3. The lowest BCUT2D eigenvalue weighted by Crippen LogP contribution is -2.28. The first-order chi connectivity index (χ1) is 9.91. The summed E-state index contributed by atoms with van der Waals surface area (Å²) in [6.07, 6.45) is 0.832. The number of imidazole rings is 1. The van der Waals surface area contributed by atoms with Crippen LogP contribution in [0.2, 0.25) is 0 Å². The van der Waals surface area contributed by atoms with E-state index in [9.17, 15) is 9.59 Å². The largest absolute Gasteiger partial charge is 0.478 e. The summed E-state index contributed by atoms with van der Waals surface area (Å²) in [5, 5.41) is 9.15. The summed E-state index contributed by atoms with van der Waals surface area (Å²) < 4.78 is 1.61. The predicted octanol–water partition coefficient (Wildman–Crippen LogP) is 1.76. The van der Waals surface area contributed by atoms with Gasteiger partial charge >= 0.3 is 11.7 Å². The molecular weight excluding hydrogens is 270 g/mol. The molecule has 0 bridgehead atoms. The van der Waals surface area contributed by atoms with Gasteiger partial charge in [0.2, 0.25) is 0 Å². The molecule has 0 saturated carbocycles. The molecule has 1 heterocycles. The van der Waals surface area contributed by atoms with E-state index in [-0.39, 0.29) is 11.3 Å². The third kappa shape index (κ3) is 3.16. The molecule has 2 rings (SSSR count). The van der Waals surface area contributed by atoms with Crippen LogP contribution in [0.4, 0.5) is 0 Å². The van der Waals surface area contributed by atoms with Crippen LogP contribution < -0.4 is 5.69 Å². The minimum atomic E-state index is -1.03. The minimum absolute atomic E-state index is 0.127. The van der Waals surface area contributed by atoms with Gasteiger partial charge in [0.15, 0.2) is 0 Å². The Morgan fingerprint density at radius 2 is 2.14 bits per heavy atom. The fourth-order valence-corrected chi connectivity index (χ4v) is 2.32. The van der Waals surface area contributed by atoms with E-state index in [1.54, 1.807) is 16.7 Å². The average Bonchev–Trinajstić information content (AvgIpc) is 2.74. The predicted molar refractivity (Wildman–Crippen MR) is 81.9 cm³/mol. The molecule has 1 aromatic heterocycles. The average molecular weight is 291 g/mol. The first-order valence-corrected chi connectivity index (χ1v) is 7.07. The first-order valence-electron chi connectivity index (χ1n) is 7.07. The van der Waals surface area contributed by atoms with E-state index in [0.29, 0.717) is 23.6 Å². The molecule has 0 radical (unpaired) electrons. The van der Waals surface area contributed by atoms with E-state index in [2.05, 4.69) is 23.7 Å². The van der Waals surface area contributed by atoms with Gasteiger partial charge in [-0.3, -0.25) is 4.57 Å². The lowest BCUT2D eigenvalue weighted by atomic mass is 10.2. The van der Waals surface area contributed by atoms with Gasteiger partial charge in [-0.05, 0) is 46.0 Å². The number of rotatable bonds is 6. The van der Waals surface area contributed by atoms with E-state index in [1.807, 2.05) is 7.05 Å². The van der Waals surface area contributed by atoms with Gasteiger partial charge in [-0.25, -0.2) is 9.59 Å². The zero-order valence-corrected chi connectivity index (χ0v) is 12.6. The van der Waals surface area contributed by atoms with Crippen LogP contribution in [0.1, 0.15) is 30.6 Å². The highest BCUT2D eigenvalue weighted by Gasteiger charge is 2.14. The second-order valence-corrected chi connectivity index (χ2v) is 5.51. The van der Waals surface area contributed by atoms with Crippen LogP contribution in [-0.4, -0.2) is 45.2 Å². The molecule has 0 saturated heterocycles. The molecule has 0 amide bonds. The molecule has 0 unspecified atom stereocenters. The molecule has 0 aliphatic rings. The van der Waals surface area contributed by atoms with Crippen molar-refractivity contribution in [2.24, 2.45) is 0 Å². The molecule has 1 aromatic carbocycles. The van der Waals surface area contributed by atoms with Gasteiger partial charge in [-0.2, -0.15) is 0 Å². The van der Waals surface area contributed by atoms with Crippen LogP contribution in [0.3, 0.4) is 0 Å². The summed E-state index contributed by atoms with van der Waals surface area (Å²) in [6.45, 7) is 5.70. The topological polar surface area (TPSA) is 78.3 Å². The van der Waals surface area contributed by atoms with Crippen LogP contribution in [0.15, 0.2) is 23.0 Å². The molecule has 21 heavy (non-hydrogen) atoms. The van der Waals surface area contributed by atoms with Crippen molar-refractivity contribution in [3.05, 3.63) is 34.2 Å². The SMILES string of the molecule is CC(C)N(C)CCCn1c(=O)[nH]c2c(C(=O)O)cccc21. The van der Waals surface area contributed by atoms with Gasteiger partial charge in [0.25, 0.3) is 0 Å². The molecule has 6 nitrogen and oxygen atoms in total. The molecule has 0 atom stereocenters. The van der Waals surface area contributed by atoms with Crippen molar-refractivity contribution in [3.63, 3.8) is 0 Å². The van der Waals surface area contributed by atoms with Crippen molar-refractivity contribution in [2.45, 2.75) is 32.9 Å². The number of carboxylic acids is 1. The fraction of sp³-hybridized carbons (Fsp3) is 0.467. The molecule has 2 N–H and O–H groups in total. The molecule has 2 aromatic rings. The Morgan fingerprint density at radius 3 is 2.76 bits per heavy atom. The number of carboxylic acid groups (broad SMARTS) is 1. The minimum Gasteiger partial charge on any atom is -0.478 e. The van der Waals surface area contributed by atoms with Crippen molar-refractivity contribution in [2.75, 3.05) is 13.6 Å². The normalized spacial score (nSPS) is 11.7. The monoisotopic (exact) mass is 291 g/mol. The van der Waals surface area contributed by atoms with Gasteiger partial charge in [-0.1, -0.05) is 6.07 Å². The summed E-state index contributed by atoms with van der Waals surface area (Å²) in [4.78, 5) is 28.1. The quantitative estimate of drug-likeness (QED) is 0.850. The third-order valence-electron chi connectivity index (χ3n) is 3.81. The molecule has 0 aliphatic heterocycles. The van der Waals surface area contributed by atoms with Gasteiger partial charge in [0, 0.05) is 12.6 Å². The zero-order chi connectivity index (χ0) is 15.6. The van der Waals surface area contributed by atoms with Crippen LogP contribution in [0.5, 0.6) is 0 Å². The third-order valence-corrected chi connectivity index (χ3v) is 3.81. The summed E-state index contributed by atoms with van der Waals surface area (Å²) >= 11 is 0. The maximum absolute atomic E-state index is 12.0. The van der Waals surface area contributed by atoms with Crippen molar-refractivity contribution < 1.29 is 9.90 Å². The van der Waals surface area contributed by atoms with Crippen molar-refractivity contribution in [1.29, 1.82) is 0 Å². The van der Waals surface area contributed by atoms with Crippen molar-refractivity contribution in [3.8, 4) is 0 Å². The van der Waals surface area contributed by atoms with Gasteiger partial charge in [0.05, 0.1) is 16.6 Å². The van der Waals surface area contributed by atoms with E-state index in [1.165, 1.54) is 6.07 Å². The number of para-hydroxylation sites is 1. The van der Waals surface area contributed by atoms with E-state index >= 15 is 0 Å². The lowest BCUT2D eigenvalue weighted by Gasteiger charge is -2.20. The Bertz CT molecular complexity index is 700. The summed E-state index contributed by atoms with van der Waals surface area (Å²) in [7, 11) is 2.05. The number of benzene rings is 1. The molecule has 0 spiro atoms. The van der Waals surface area contributed by atoms with Gasteiger partial charge < -0.3 is 15.0 Å². The van der Waals surface area contributed by atoms with Crippen molar-refractivity contribution in [1.82, 2.24) is 14.5 Å². The second kappa shape index (κ2) is 6.13. The Kier molecular flexibility index (Phi) is 4.47. The Hall–Kier alpha value is -2.08. The molecular formula is C15H21N3O3. The highest BCUT2D eigenvalue weighted by molar-refractivity contribution is 6.00. The van der Waals surface area contributed by atoms with Gasteiger partial charge in [-0.15, -0.1) is 0 Å². The van der Waals surface area contributed by atoms with Crippen LogP contribution in [0.25, 0.3) is 11.0 Å². The summed E-state index contributed by atoms with van der Waals surface area (Å²) in [5.41, 5.74) is 0.910. The number of nitrogens with one attached hydrogen (secondary N) is 1. The zero-order valence-electron chi connectivity index (χ0n) is 12.6. The maximum atomic E-state index is 12.0. The second-order valence-electron chi connectivity index (χ2n) is 5.51. The van der Waals surface area contributed by atoms with Crippen LogP contribution >= 0.6 is 0 Å². The van der Waals surface area contributed by atoms with Crippen LogP contribution in [-0.2, 0) is 6.54 Å². The highest BCUT2D eigenvalue weighted by atomic mass is 16.4. The Morgan fingerprint density at radius 1 is 1.43 bits per heavy atom. The van der Waals surface area contributed by atoms with E-state index in [0.717, 1.165) is 13.0 Å². The number of aryl methyl sites for hydroxylation is 1. The number of nitrogens with zero attached hydrogens (tertiary/aromatic N) is 2. The fourth-order valence-electron chi connectivity index (χ4n) is 2.32. The number of H-pyrrole nitrogens is 1. The molecule has 0 fully saturated rings. The summed E-state index contributed by atoms with van der Waals surface area (Å²) in [5.74, 6) is -1.03. The number of hydrogen-bond donors (Lipinski definition) is 2. The molecule has 6 heteroatoms. The number of aromatic amines is 1. The van der Waals surface area contributed by atoms with E-state index in [4.69, 9.17) is 5.11 Å². The van der Waals surface area contributed by atoms with Crippen LogP contribution in [0, 0.1) is 0 Å². The Balaban J connectivity index is 2.25. The highest BCUT2D eigenvalue weighted by Crippen LogP contribution is 2.15. The number of fused-ring (bicyclic) bond motifs is 1. The smallest absolute Gasteiger partial charge is 0.337 e. The maximum Gasteiger partial charge on any atom is 0.337 e. The van der Waals surface area contributed by atoms with Gasteiger partial charge in [0.1, 0.15) is 0 Å². The lowest BCUT2D eigenvalue weighted by molar-refractivity contribution is 0.0699. The molecule has 114 valence electrons. The summed E-state index contributed by atoms with van der Waals surface area (Å²) in [6, 6.07) is 5.39. The number of aromatic carboxylic acids is 1. The molecule has 0 aliphatic carbocycles. The number of aromatic nitrogens is 2. The number of carbonyl (C=O) groups is 1. The number of hydrogen-bond acceptors (Lipinski definition) is 3.